The van der Waals surface area contributed by atoms with Gasteiger partial charge in [0.2, 0.25) is 5.12 Å². The number of halogens is 2. The van der Waals surface area contributed by atoms with Crippen molar-refractivity contribution >= 4 is 53.2 Å². The number of rotatable bonds is 3. The molecule has 108 valence electrons. The third-order valence-corrected chi connectivity index (χ3v) is 6.21. The van der Waals surface area contributed by atoms with Gasteiger partial charge in [0, 0.05) is 9.38 Å². The van der Waals surface area contributed by atoms with Gasteiger partial charge in [0.1, 0.15) is 0 Å². The molecule has 1 nitrogen and oxygen atoms in total. The van der Waals surface area contributed by atoms with Gasteiger partial charge in [0.05, 0.1) is 4.48 Å². The predicted molar refractivity (Wildman–Crippen MR) is 98.0 cm³/mol. The molecular formula is C17H14Br2OS. The number of carbonyl (C=O) groups is 1. The smallest absolute Gasteiger partial charge is 0.232 e. The fourth-order valence-electron chi connectivity index (χ4n) is 1.67. The van der Waals surface area contributed by atoms with E-state index in [0.717, 1.165) is 14.9 Å². The van der Waals surface area contributed by atoms with E-state index >= 15 is 0 Å². The maximum Gasteiger partial charge on any atom is 0.232 e. The lowest BCUT2D eigenvalue weighted by molar-refractivity contribution is -0.107. The predicted octanol–water partition coefficient (Wildman–Crippen LogP) is 6.08. The van der Waals surface area contributed by atoms with Crippen LogP contribution >= 0.6 is 43.6 Å². The Labute approximate surface area is 146 Å². The van der Waals surface area contributed by atoms with Crippen molar-refractivity contribution in [3.05, 3.63) is 69.7 Å². The maximum absolute atomic E-state index is 12.3. The zero-order chi connectivity index (χ0) is 15.4. The summed E-state index contributed by atoms with van der Waals surface area (Å²) in [4.78, 5) is 13.2. The molecule has 21 heavy (non-hydrogen) atoms. The van der Waals surface area contributed by atoms with Gasteiger partial charge in [-0.2, -0.15) is 0 Å². The van der Waals surface area contributed by atoms with E-state index in [9.17, 15) is 4.79 Å². The highest BCUT2D eigenvalue weighted by atomic mass is 79.9. The summed E-state index contributed by atoms with van der Waals surface area (Å²) in [5, 5.41) is -0.0219. The summed E-state index contributed by atoms with van der Waals surface area (Å²) in [6.45, 7) is 4.06. The SMILES string of the molecule is Cc1ccc(SC(=O)/C(Br)=C(/Br)c2ccc(C)cc2)cc1. The zero-order valence-electron chi connectivity index (χ0n) is 11.7. The third-order valence-electron chi connectivity index (χ3n) is 2.91. The first-order valence-corrected chi connectivity index (χ1v) is 8.79. The minimum absolute atomic E-state index is 0.0219. The first-order chi connectivity index (χ1) is 9.97. The summed E-state index contributed by atoms with van der Waals surface area (Å²) in [6, 6.07) is 15.9. The number of thioether (sulfide) groups is 1. The van der Waals surface area contributed by atoms with Crippen LogP contribution in [0.4, 0.5) is 0 Å². The van der Waals surface area contributed by atoms with Crippen molar-refractivity contribution in [1.82, 2.24) is 0 Å². The Morgan fingerprint density at radius 2 is 1.33 bits per heavy atom. The van der Waals surface area contributed by atoms with Crippen molar-refractivity contribution in [1.29, 1.82) is 0 Å². The molecule has 0 N–H and O–H groups in total. The highest BCUT2D eigenvalue weighted by Crippen LogP contribution is 2.34. The standard InChI is InChI=1S/C17H14Br2OS/c1-11-3-7-13(8-4-11)15(18)16(19)17(20)21-14-9-5-12(2)6-10-14/h3-10H,1-2H3/b16-15-. The van der Waals surface area contributed by atoms with Gasteiger partial charge in [-0.25, -0.2) is 0 Å². The second kappa shape index (κ2) is 7.43. The Balaban J connectivity index is 2.19. The molecule has 2 rings (SSSR count). The van der Waals surface area contributed by atoms with Gasteiger partial charge in [0.25, 0.3) is 0 Å². The number of aryl methyl sites for hydroxylation is 2. The van der Waals surface area contributed by atoms with Crippen LogP contribution in [0.3, 0.4) is 0 Å². The van der Waals surface area contributed by atoms with Crippen molar-refractivity contribution in [3.8, 4) is 0 Å². The molecule has 2 aromatic rings. The second-order valence-corrected chi connectivity index (χ2v) is 7.33. The fourth-order valence-corrected chi connectivity index (χ4v) is 3.40. The van der Waals surface area contributed by atoms with E-state index in [1.54, 1.807) is 0 Å². The Morgan fingerprint density at radius 1 is 0.857 bits per heavy atom. The monoisotopic (exact) mass is 424 g/mol. The molecule has 0 aliphatic rings. The summed E-state index contributed by atoms with van der Waals surface area (Å²) in [7, 11) is 0. The summed E-state index contributed by atoms with van der Waals surface area (Å²) in [5.41, 5.74) is 3.35. The first kappa shape index (κ1) is 16.5. The molecule has 0 aliphatic heterocycles. The summed E-state index contributed by atoms with van der Waals surface area (Å²) < 4.78 is 1.31. The van der Waals surface area contributed by atoms with Gasteiger partial charge in [0.15, 0.2) is 0 Å². The molecule has 0 unspecified atom stereocenters. The van der Waals surface area contributed by atoms with Crippen molar-refractivity contribution in [2.75, 3.05) is 0 Å². The van der Waals surface area contributed by atoms with E-state index in [1.807, 2.05) is 62.4 Å². The van der Waals surface area contributed by atoms with Gasteiger partial charge in [-0.1, -0.05) is 47.5 Å². The van der Waals surface area contributed by atoms with Gasteiger partial charge < -0.3 is 0 Å². The van der Waals surface area contributed by atoms with Crippen molar-refractivity contribution in [2.24, 2.45) is 0 Å². The molecule has 0 aliphatic carbocycles. The molecule has 0 atom stereocenters. The fraction of sp³-hybridized carbons (Fsp3) is 0.118. The molecule has 0 amide bonds. The van der Waals surface area contributed by atoms with E-state index < -0.39 is 0 Å². The molecule has 4 heteroatoms. The topological polar surface area (TPSA) is 17.1 Å². The number of hydrogen-bond donors (Lipinski definition) is 0. The molecular weight excluding hydrogens is 412 g/mol. The van der Waals surface area contributed by atoms with Gasteiger partial charge in [-0.3, -0.25) is 4.79 Å². The van der Waals surface area contributed by atoms with Crippen molar-refractivity contribution in [2.45, 2.75) is 18.7 Å². The highest BCUT2D eigenvalue weighted by molar-refractivity contribution is 9.17. The van der Waals surface area contributed by atoms with Gasteiger partial charge in [-0.05, 0) is 75.2 Å². The van der Waals surface area contributed by atoms with Crippen LogP contribution < -0.4 is 0 Å². The lowest BCUT2D eigenvalue weighted by Gasteiger charge is -2.05. The largest absolute Gasteiger partial charge is 0.281 e. The summed E-state index contributed by atoms with van der Waals surface area (Å²) in [5.74, 6) is 0. The zero-order valence-corrected chi connectivity index (χ0v) is 15.7. The quantitative estimate of drug-likeness (QED) is 0.437. The average molecular weight is 426 g/mol. The maximum atomic E-state index is 12.3. The van der Waals surface area contributed by atoms with E-state index in [-0.39, 0.29) is 5.12 Å². The van der Waals surface area contributed by atoms with Crippen molar-refractivity contribution in [3.63, 3.8) is 0 Å². The van der Waals surface area contributed by atoms with E-state index in [0.29, 0.717) is 4.48 Å². The average Bonchev–Trinajstić information content (AvgIpc) is 2.49. The van der Waals surface area contributed by atoms with E-state index in [1.165, 1.54) is 22.9 Å². The minimum atomic E-state index is -0.0219. The first-order valence-electron chi connectivity index (χ1n) is 6.38. The molecule has 0 fully saturated rings. The molecule has 0 aromatic heterocycles. The molecule has 0 radical (unpaired) electrons. The van der Waals surface area contributed by atoms with Crippen LogP contribution in [0.25, 0.3) is 4.48 Å². The number of benzene rings is 2. The molecule has 0 spiro atoms. The molecule has 0 saturated heterocycles. The van der Waals surface area contributed by atoms with E-state index in [4.69, 9.17) is 0 Å². The second-order valence-electron chi connectivity index (χ2n) is 4.70. The number of hydrogen-bond acceptors (Lipinski definition) is 2. The normalized spacial score (nSPS) is 12.0. The Hall–Kier alpha value is -0.840. The highest BCUT2D eigenvalue weighted by Gasteiger charge is 2.14. The molecule has 0 heterocycles. The Bertz CT molecular complexity index is 673. The van der Waals surface area contributed by atoms with Crippen molar-refractivity contribution < 1.29 is 4.79 Å². The molecule has 2 aromatic carbocycles. The van der Waals surface area contributed by atoms with Crippen LogP contribution in [-0.2, 0) is 4.79 Å². The van der Waals surface area contributed by atoms with Crippen LogP contribution in [0.1, 0.15) is 16.7 Å². The van der Waals surface area contributed by atoms with Crippen LogP contribution in [0.2, 0.25) is 0 Å². The van der Waals surface area contributed by atoms with E-state index in [2.05, 4.69) is 31.9 Å². The van der Waals surface area contributed by atoms with Crippen LogP contribution in [-0.4, -0.2) is 5.12 Å². The summed E-state index contributed by atoms with van der Waals surface area (Å²) in [6.07, 6.45) is 0. The Morgan fingerprint density at radius 3 is 1.86 bits per heavy atom. The lowest BCUT2D eigenvalue weighted by atomic mass is 10.1. The van der Waals surface area contributed by atoms with Crippen LogP contribution in [0.5, 0.6) is 0 Å². The summed E-state index contributed by atoms with van der Waals surface area (Å²) >= 11 is 8.11. The Kier molecular flexibility index (Phi) is 5.85. The van der Waals surface area contributed by atoms with Crippen LogP contribution in [0, 0.1) is 13.8 Å². The third kappa shape index (κ3) is 4.56. The molecule has 0 saturated carbocycles. The van der Waals surface area contributed by atoms with Gasteiger partial charge in [-0.15, -0.1) is 0 Å². The number of carbonyl (C=O) groups excluding carboxylic acids is 1. The molecule has 0 bridgehead atoms. The van der Waals surface area contributed by atoms with Crippen LogP contribution in [0.15, 0.2) is 57.9 Å². The lowest BCUT2D eigenvalue weighted by Crippen LogP contribution is -1.93. The van der Waals surface area contributed by atoms with Gasteiger partial charge >= 0.3 is 0 Å². The minimum Gasteiger partial charge on any atom is -0.281 e.